The molecule has 0 fully saturated rings. The van der Waals surface area contributed by atoms with E-state index in [0.717, 1.165) is 40.0 Å². The monoisotopic (exact) mass is 457 g/mol. The Balaban J connectivity index is 1.68. The molecule has 35 heavy (non-hydrogen) atoms. The molecule has 5 rings (SSSR count). The summed E-state index contributed by atoms with van der Waals surface area (Å²) in [4.78, 5) is 18.7. The van der Waals surface area contributed by atoms with Crippen molar-refractivity contribution in [2.45, 2.75) is 13.3 Å². The summed E-state index contributed by atoms with van der Waals surface area (Å²) in [5.41, 5.74) is 6.55. The second kappa shape index (κ2) is 9.57. The number of fused-ring (bicyclic) bond motifs is 1. The van der Waals surface area contributed by atoms with Crippen molar-refractivity contribution in [3.05, 3.63) is 108 Å². The number of pyridine rings is 2. The van der Waals surface area contributed by atoms with Gasteiger partial charge in [0.05, 0.1) is 17.6 Å². The summed E-state index contributed by atoms with van der Waals surface area (Å²) in [6, 6.07) is 25.9. The lowest BCUT2D eigenvalue weighted by atomic mass is 10.0. The number of imidazole rings is 1. The van der Waals surface area contributed by atoms with E-state index in [9.17, 15) is 5.26 Å². The fourth-order valence-electron chi connectivity index (χ4n) is 3.93. The normalized spacial score (nSPS) is 10.7. The number of benzene rings is 2. The van der Waals surface area contributed by atoms with Crippen molar-refractivity contribution in [1.82, 2.24) is 19.5 Å². The molecule has 0 saturated carbocycles. The average Bonchev–Trinajstić information content (AvgIpc) is 3.28. The first-order chi connectivity index (χ1) is 17.2. The van der Waals surface area contributed by atoms with Gasteiger partial charge in [0, 0.05) is 36.1 Å². The van der Waals surface area contributed by atoms with E-state index in [0.29, 0.717) is 22.8 Å². The minimum atomic E-state index is 0.347. The van der Waals surface area contributed by atoms with E-state index in [1.807, 2.05) is 85.3 Å². The van der Waals surface area contributed by atoms with Gasteiger partial charge in [-0.25, -0.2) is 19.9 Å². The van der Waals surface area contributed by atoms with Crippen LogP contribution >= 0.6 is 0 Å². The number of aliphatic imine (C=N–C) groups is 1. The molecule has 7 nitrogen and oxygen atoms in total. The Bertz CT molecular complexity index is 1520. The smallest absolute Gasteiger partial charge is 0.183 e. The van der Waals surface area contributed by atoms with Gasteiger partial charge in [0.25, 0.3) is 0 Å². The Morgan fingerprint density at radius 1 is 1.00 bits per heavy atom. The molecule has 0 amide bonds. The van der Waals surface area contributed by atoms with Gasteiger partial charge in [0.15, 0.2) is 5.82 Å². The topological polar surface area (TPSA) is 91.8 Å². The number of rotatable bonds is 6. The van der Waals surface area contributed by atoms with Crippen molar-refractivity contribution in [2.24, 2.45) is 12.0 Å². The maximum absolute atomic E-state index is 9.32. The van der Waals surface area contributed by atoms with Crippen molar-refractivity contribution in [1.29, 1.82) is 5.26 Å². The molecular weight excluding hydrogens is 434 g/mol. The minimum Gasteiger partial charge on any atom is -0.340 e. The van der Waals surface area contributed by atoms with E-state index in [4.69, 9.17) is 9.98 Å². The summed E-state index contributed by atoms with van der Waals surface area (Å²) in [7, 11) is 1.94. The van der Waals surface area contributed by atoms with Crippen LogP contribution in [0, 0.1) is 11.3 Å². The second-order valence-corrected chi connectivity index (χ2v) is 8.06. The molecule has 0 aliphatic rings. The Morgan fingerprint density at radius 2 is 1.69 bits per heavy atom. The molecule has 3 aromatic heterocycles. The lowest BCUT2D eigenvalue weighted by Gasteiger charge is -2.12. The number of hydrogen-bond donors (Lipinski definition) is 1. The van der Waals surface area contributed by atoms with Gasteiger partial charge in [-0.3, -0.25) is 0 Å². The van der Waals surface area contributed by atoms with Crippen LogP contribution in [0.5, 0.6) is 0 Å². The van der Waals surface area contributed by atoms with E-state index in [1.54, 1.807) is 18.6 Å². The van der Waals surface area contributed by atoms with E-state index >= 15 is 0 Å². The number of hydrogen-bond acceptors (Lipinski definition) is 6. The van der Waals surface area contributed by atoms with Gasteiger partial charge >= 0.3 is 0 Å². The standard InChI is InChI=1S/C28H23N7/c1-3-19-17-30-22(16-29)14-23(19)32-25-15-24-27(31-18-35(24)2)28(33-25)34-26(20-10-6-4-7-11-20)21-12-8-5-9-13-21/h4-15,17-18H,3H2,1-2H3,(H,30,32,33). The molecule has 0 radical (unpaired) electrons. The van der Waals surface area contributed by atoms with Gasteiger partial charge in [-0.05, 0) is 18.1 Å². The third kappa shape index (κ3) is 4.50. The summed E-state index contributed by atoms with van der Waals surface area (Å²) >= 11 is 0. The molecule has 1 N–H and O–H groups in total. The lowest BCUT2D eigenvalue weighted by Crippen LogP contribution is -2.04. The van der Waals surface area contributed by atoms with Crippen LogP contribution in [-0.2, 0) is 13.5 Å². The number of nitriles is 1. The minimum absolute atomic E-state index is 0.347. The van der Waals surface area contributed by atoms with Crippen LogP contribution in [0.3, 0.4) is 0 Å². The molecule has 0 aliphatic heterocycles. The number of nitrogens with zero attached hydrogens (tertiary/aromatic N) is 6. The van der Waals surface area contributed by atoms with Crippen molar-refractivity contribution >= 4 is 34.1 Å². The highest BCUT2D eigenvalue weighted by molar-refractivity contribution is 6.14. The quantitative estimate of drug-likeness (QED) is 0.330. The van der Waals surface area contributed by atoms with Crippen LogP contribution in [0.4, 0.5) is 17.3 Å². The zero-order chi connectivity index (χ0) is 24.2. The van der Waals surface area contributed by atoms with Gasteiger partial charge in [-0.15, -0.1) is 0 Å². The van der Waals surface area contributed by atoms with Crippen LogP contribution in [-0.4, -0.2) is 25.2 Å². The zero-order valence-corrected chi connectivity index (χ0v) is 19.5. The number of aromatic nitrogens is 4. The summed E-state index contributed by atoms with van der Waals surface area (Å²) in [5, 5.41) is 12.7. The third-order valence-electron chi connectivity index (χ3n) is 5.75. The van der Waals surface area contributed by atoms with Crippen LogP contribution in [0.25, 0.3) is 11.0 Å². The van der Waals surface area contributed by atoms with Gasteiger partial charge in [-0.1, -0.05) is 67.6 Å². The second-order valence-electron chi connectivity index (χ2n) is 8.06. The van der Waals surface area contributed by atoms with Crippen molar-refractivity contribution in [3.8, 4) is 6.07 Å². The first-order valence-electron chi connectivity index (χ1n) is 11.3. The highest BCUT2D eigenvalue weighted by atomic mass is 15.1. The maximum Gasteiger partial charge on any atom is 0.183 e. The number of nitrogens with one attached hydrogen (secondary N) is 1. The molecule has 3 heterocycles. The molecule has 0 aliphatic carbocycles. The highest BCUT2D eigenvalue weighted by Gasteiger charge is 2.14. The molecule has 170 valence electrons. The number of aryl methyl sites for hydroxylation is 2. The summed E-state index contributed by atoms with van der Waals surface area (Å²) in [6.45, 7) is 2.05. The van der Waals surface area contributed by atoms with Crippen LogP contribution < -0.4 is 5.32 Å². The van der Waals surface area contributed by atoms with Gasteiger partial charge in [-0.2, -0.15) is 5.26 Å². The molecule has 0 atom stereocenters. The third-order valence-corrected chi connectivity index (χ3v) is 5.75. The largest absolute Gasteiger partial charge is 0.340 e. The predicted molar refractivity (Wildman–Crippen MR) is 138 cm³/mol. The van der Waals surface area contributed by atoms with Gasteiger partial charge in [0.1, 0.15) is 23.1 Å². The molecule has 7 heteroatoms. The lowest BCUT2D eigenvalue weighted by molar-refractivity contribution is 0.947. The molecule has 2 aromatic carbocycles. The Hall–Kier alpha value is -4.83. The SMILES string of the molecule is CCc1cnc(C#N)cc1Nc1cc2c(ncn2C)c(N=C(c2ccccc2)c2ccccc2)n1. The Morgan fingerprint density at radius 3 is 2.31 bits per heavy atom. The molecule has 0 saturated heterocycles. The Kier molecular flexibility index (Phi) is 6.01. The Labute approximate surface area is 203 Å². The highest BCUT2D eigenvalue weighted by Crippen LogP contribution is 2.30. The van der Waals surface area contributed by atoms with Gasteiger partial charge < -0.3 is 9.88 Å². The van der Waals surface area contributed by atoms with Gasteiger partial charge in [0.2, 0.25) is 0 Å². The molecular formula is C28H23N7. The zero-order valence-electron chi connectivity index (χ0n) is 19.5. The van der Waals surface area contributed by atoms with Crippen molar-refractivity contribution in [3.63, 3.8) is 0 Å². The first-order valence-corrected chi connectivity index (χ1v) is 11.3. The van der Waals surface area contributed by atoms with E-state index in [-0.39, 0.29) is 0 Å². The van der Waals surface area contributed by atoms with Crippen LogP contribution in [0.15, 0.2) is 90.3 Å². The van der Waals surface area contributed by atoms with Crippen LogP contribution in [0.1, 0.15) is 29.3 Å². The molecule has 5 aromatic rings. The molecule has 0 unspecified atom stereocenters. The van der Waals surface area contributed by atoms with E-state index in [1.165, 1.54) is 0 Å². The summed E-state index contributed by atoms with van der Waals surface area (Å²) in [6.07, 6.45) is 4.26. The van der Waals surface area contributed by atoms with Crippen LogP contribution in [0.2, 0.25) is 0 Å². The number of anilines is 2. The predicted octanol–water partition coefficient (Wildman–Crippen LogP) is 5.71. The average molecular weight is 458 g/mol. The fourth-order valence-corrected chi connectivity index (χ4v) is 3.93. The molecule has 0 bridgehead atoms. The van der Waals surface area contributed by atoms with E-state index in [2.05, 4.69) is 21.4 Å². The maximum atomic E-state index is 9.32. The van der Waals surface area contributed by atoms with Crippen molar-refractivity contribution < 1.29 is 0 Å². The first kappa shape index (κ1) is 22.0. The fraction of sp³-hybridized carbons (Fsp3) is 0.107. The van der Waals surface area contributed by atoms with Crippen molar-refractivity contribution in [2.75, 3.05) is 5.32 Å². The van der Waals surface area contributed by atoms with E-state index < -0.39 is 0 Å². The molecule has 0 spiro atoms. The summed E-state index contributed by atoms with van der Waals surface area (Å²) < 4.78 is 1.94. The summed E-state index contributed by atoms with van der Waals surface area (Å²) in [5.74, 6) is 1.13.